The molecule has 0 N–H and O–H groups in total. The maximum Gasteiger partial charge on any atom is 0.136 e. The first-order chi connectivity index (χ1) is 21.8. The van der Waals surface area contributed by atoms with Crippen LogP contribution in [0.4, 0.5) is 0 Å². The lowest BCUT2D eigenvalue weighted by molar-refractivity contribution is 0.669. The van der Waals surface area contributed by atoms with Crippen LogP contribution in [0.25, 0.3) is 91.1 Å². The molecule has 2 aromatic heterocycles. The Balaban J connectivity index is 1.24. The van der Waals surface area contributed by atoms with Gasteiger partial charge in [0.25, 0.3) is 0 Å². The molecule has 1 aliphatic rings. The second-order valence-corrected chi connectivity index (χ2v) is 13.0. The lowest BCUT2D eigenvalue weighted by Gasteiger charge is -2.20. The van der Waals surface area contributed by atoms with Crippen molar-refractivity contribution >= 4 is 91.3 Å². The number of fused-ring (bicyclic) bond motifs is 10. The quantitative estimate of drug-likeness (QED) is 0.186. The monoisotopic (exact) mass is 578 g/mol. The summed E-state index contributed by atoms with van der Waals surface area (Å²) < 4.78 is 9.27. The number of hydrogen-bond donors (Lipinski definition) is 0. The van der Waals surface area contributed by atoms with Gasteiger partial charge in [0, 0.05) is 30.9 Å². The largest absolute Gasteiger partial charge is 0.456 e. The number of allylic oxidation sites excluding steroid dienone is 4. The van der Waals surface area contributed by atoms with Gasteiger partial charge < -0.3 is 4.42 Å². The minimum absolute atomic E-state index is 0.929. The summed E-state index contributed by atoms with van der Waals surface area (Å²) in [6.07, 6.45) is 8.92. The standard InChI is InChI=1S/C42H26OS/c1-2-10-25(11-3-1)40-29-13-4-6-15-31(29)41(32-16-7-5-14-30(32)40)27-18-20-33-37(23-27)43-36-21-19-26-22-35-28-12-8-9-17-38(28)44-39(35)24-34(26)42(33)36/h1-2,4-10,12-24H,3,11H2. The van der Waals surface area contributed by atoms with Crippen LogP contribution in [0.15, 0.2) is 138 Å². The fourth-order valence-electron chi connectivity index (χ4n) is 7.57. The predicted molar refractivity (Wildman–Crippen MR) is 191 cm³/mol. The molecule has 206 valence electrons. The molecule has 0 unspecified atom stereocenters. The first-order valence-corrected chi connectivity index (χ1v) is 16.1. The van der Waals surface area contributed by atoms with Crippen molar-refractivity contribution in [2.24, 2.45) is 0 Å². The third-order valence-electron chi connectivity index (χ3n) is 9.50. The summed E-state index contributed by atoms with van der Waals surface area (Å²) in [5, 5.41) is 12.7. The lowest BCUT2D eigenvalue weighted by Crippen LogP contribution is -1.95. The molecule has 10 rings (SSSR count). The summed E-state index contributed by atoms with van der Waals surface area (Å²) >= 11 is 1.87. The van der Waals surface area contributed by atoms with Crippen LogP contribution in [0.2, 0.25) is 0 Å². The van der Waals surface area contributed by atoms with Crippen LogP contribution in [0.5, 0.6) is 0 Å². The molecular weight excluding hydrogens is 553 g/mol. The molecule has 1 nitrogen and oxygen atoms in total. The fraction of sp³-hybridized carbons (Fsp3) is 0.0476. The molecule has 0 fully saturated rings. The number of thiophene rings is 1. The van der Waals surface area contributed by atoms with Gasteiger partial charge in [-0.3, -0.25) is 0 Å². The Morgan fingerprint density at radius 3 is 2.00 bits per heavy atom. The van der Waals surface area contributed by atoms with Crippen LogP contribution in [0.1, 0.15) is 18.4 Å². The summed E-state index contributed by atoms with van der Waals surface area (Å²) in [6, 6.07) is 42.4. The van der Waals surface area contributed by atoms with Gasteiger partial charge in [-0.05, 0) is 104 Å². The molecule has 0 saturated carbocycles. The van der Waals surface area contributed by atoms with Gasteiger partial charge in [0.1, 0.15) is 11.2 Å². The highest BCUT2D eigenvalue weighted by Crippen LogP contribution is 2.45. The Bertz CT molecular complexity index is 2660. The van der Waals surface area contributed by atoms with Crippen LogP contribution in [0.3, 0.4) is 0 Å². The molecule has 44 heavy (non-hydrogen) atoms. The van der Waals surface area contributed by atoms with Gasteiger partial charge in [0.2, 0.25) is 0 Å². The van der Waals surface area contributed by atoms with Crippen LogP contribution in [-0.2, 0) is 0 Å². The minimum Gasteiger partial charge on any atom is -0.456 e. The Labute approximate surface area is 257 Å². The molecule has 2 heterocycles. The van der Waals surface area contributed by atoms with Gasteiger partial charge in [-0.2, -0.15) is 0 Å². The summed E-state index contributed by atoms with van der Waals surface area (Å²) in [5.41, 5.74) is 7.11. The Kier molecular flexibility index (Phi) is 5.05. The normalized spacial score (nSPS) is 13.8. The van der Waals surface area contributed by atoms with Gasteiger partial charge in [0.15, 0.2) is 0 Å². The van der Waals surface area contributed by atoms with Crippen LogP contribution in [0, 0.1) is 0 Å². The van der Waals surface area contributed by atoms with E-state index in [1.165, 1.54) is 85.5 Å². The van der Waals surface area contributed by atoms with E-state index < -0.39 is 0 Å². The van der Waals surface area contributed by atoms with Crippen molar-refractivity contribution in [1.29, 1.82) is 0 Å². The molecular formula is C42H26OS. The van der Waals surface area contributed by atoms with Crippen molar-refractivity contribution in [3.63, 3.8) is 0 Å². The van der Waals surface area contributed by atoms with E-state index >= 15 is 0 Å². The minimum atomic E-state index is 0.929. The van der Waals surface area contributed by atoms with E-state index in [0.29, 0.717) is 0 Å². The SMILES string of the molecule is C1=CCCC(c2c3ccccc3c(-c3ccc4c(c3)oc3ccc5cc6c(cc5c34)sc3ccccc36)c3ccccc23)=C1. The maximum absolute atomic E-state index is 6.62. The molecule has 0 bridgehead atoms. The predicted octanol–water partition coefficient (Wildman–Crippen LogP) is 12.8. The van der Waals surface area contributed by atoms with E-state index in [2.05, 4.69) is 133 Å². The smallest absolute Gasteiger partial charge is 0.136 e. The zero-order valence-corrected chi connectivity index (χ0v) is 24.7. The maximum atomic E-state index is 6.62. The molecule has 7 aromatic carbocycles. The molecule has 2 heteroatoms. The summed E-state index contributed by atoms with van der Waals surface area (Å²) in [4.78, 5) is 0. The zero-order chi connectivity index (χ0) is 28.8. The Morgan fingerprint density at radius 2 is 1.25 bits per heavy atom. The molecule has 9 aromatic rings. The second-order valence-electron chi connectivity index (χ2n) is 11.9. The topological polar surface area (TPSA) is 13.1 Å². The van der Waals surface area contributed by atoms with Crippen molar-refractivity contribution in [2.45, 2.75) is 12.8 Å². The summed E-state index contributed by atoms with van der Waals surface area (Å²) in [7, 11) is 0. The van der Waals surface area contributed by atoms with Crippen LogP contribution >= 0.6 is 11.3 Å². The molecule has 0 saturated heterocycles. The summed E-state index contributed by atoms with van der Waals surface area (Å²) in [5.74, 6) is 0. The van der Waals surface area contributed by atoms with Crippen LogP contribution in [-0.4, -0.2) is 0 Å². The molecule has 0 radical (unpaired) electrons. The van der Waals surface area contributed by atoms with Gasteiger partial charge >= 0.3 is 0 Å². The first-order valence-electron chi connectivity index (χ1n) is 15.3. The van der Waals surface area contributed by atoms with Crippen molar-refractivity contribution in [2.75, 3.05) is 0 Å². The molecule has 0 atom stereocenters. The van der Waals surface area contributed by atoms with E-state index in [9.17, 15) is 0 Å². The van der Waals surface area contributed by atoms with E-state index in [4.69, 9.17) is 4.42 Å². The Morgan fingerprint density at radius 1 is 0.523 bits per heavy atom. The molecule has 0 amide bonds. The van der Waals surface area contributed by atoms with Crippen molar-refractivity contribution < 1.29 is 4.42 Å². The first kappa shape index (κ1) is 24.3. The highest BCUT2D eigenvalue weighted by atomic mass is 32.1. The highest BCUT2D eigenvalue weighted by Gasteiger charge is 2.19. The summed E-state index contributed by atoms with van der Waals surface area (Å²) in [6.45, 7) is 0. The molecule has 0 aliphatic heterocycles. The van der Waals surface area contributed by atoms with Gasteiger partial charge in [-0.1, -0.05) is 97.1 Å². The molecule has 1 aliphatic carbocycles. The lowest BCUT2D eigenvalue weighted by atomic mass is 9.84. The van der Waals surface area contributed by atoms with Gasteiger partial charge in [0.05, 0.1) is 0 Å². The zero-order valence-electron chi connectivity index (χ0n) is 23.9. The average Bonchev–Trinajstić information content (AvgIpc) is 3.64. The second kappa shape index (κ2) is 9.16. The van der Waals surface area contributed by atoms with E-state index in [0.717, 1.165) is 24.0 Å². The highest BCUT2D eigenvalue weighted by molar-refractivity contribution is 7.25. The number of hydrogen-bond acceptors (Lipinski definition) is 2. The number of furan rings is 1. The molecule has 0 spiro atoms. The average molecular weight is 579 g/mol. The van der Waals surface area contributed by atoms with Crippen molar-refractivity contribution in [3.8, 4) is 11.1 Å². The van der Waals surface area contributed by atoms with E-state index in [-0.39, 0.29) is 0 Å². The fourth-order valence-corrected chi connectivity index (χ4v) is 8.70. The van der Waals surface area contributed by atoms with E-state index in [1.807, 2.05) is 11.3 Å². The number of benzene rings is 7. The number of rotatable bonds is 2. The van der Waals surface area contributed by atoms with Gasteiger partial charge in [-0.25, -0.2) is 0 Å². The van der Waals surface area contributed by atoms with Crippen molar-refractivity contribution in [3.05, 3.63) is 139 Å². The Hall–Kier alpha value is -5.18. The third-order valence-corrected chi connectivity index (χ3v) is 10.6. The van der Waals surface area contributed by atoms with E-state index in [1.54, 1.807) is 0 Å². The van der Waals surface area contributed by atoms with Crippen molar-refractivity contribution in [1.82, 2.24) is 0 Å². The third kappa shape index (κ3) is 3.40. The van der Waals surface area contributed by atoms with Gasteiger partial charge in [-0.15, -0.1) is 11.3 Å². The van der Waals surface area contributed by atoms with Crippen LogP contribution < -0.4 is 0 Å².